The Labute approximate surface area is 333 Å². The molecule has 284 valence electrons. The lowest BCUT2D eigenvalue weighted by molar-refractivity contribution is 0.0847. The van der Waals surface area contributed by atoms with Gasteiger partial charge in [-0.1, -0.05) is 203 Å². The Bertz CT molecular complexity index is 2240. The Morgan fingerprint density at radius 2 is 0.852 bits per heavy atom. The summed E-state index contributed by atoms with van der Waals surface area (Å²) in [6, 6.07) is 17.7. The van der Waals surface area contributed by atoms with Crippen LogP contribution >= 0.6 is 24.4 Å². The molecular weight excluding hydrogens is 697 g/mol. The number of aromatic nitrogens is 1. The largest absolute Gasteiger partial charge is 0.332 e. The van der Waals surface area contributed by atoms with E-state index in [0.29, 0.717) is 11.5 Å². The van der Waals surface area contributed by atoms with Gasteiger partial charge in [-0.25, -0.2) is 0 Å². The van der Waals surface area contributed by atoms with Crippen LogP contribution in [0.1, 0.15) is 158 Å². The molecule has 0 N–H and O–H groups in total. The summed E-state index contributed by atoms with van der Waals surface area (Å²) in [7, 11) is 0. The van der Waals surface area contributed by atoms with Crippen molar-refractivity contribution in [2.45, 2.75) is 149 Å². The number of nitrogens with zero attached hydrogens (tertiary/aromatic N) is 2. The van der Waals surface area contributed by atoms with Gasteiger partial charge in [0.05, 0.1) is 0 Å². The van der Waals surface area contributed by atoms with Gasteiger partial charge in [-0.05, 0) is 51.2 Å². The van der Waals surface area contributed by atoms with Gasteiger partial charge in [0, 0.05) is 51.1 Å². The first-order chi connectivity index (χ1) is 26.5. The SMILES string of the molecule is C=c1c2ccc3c4ccc5c6c(ccc(c7ccc(c(=S)n1CCCCCCCCCCCC)c2c37)c64)C(=O)N(CCCCCCCCCCCC)C5=S. The molecule has 1 aliphatic rings. The highest BCUT2D eigenvalue weighted by molar-refractivity contribution is 7.80. The van der Waals surface area contributed by atoms with Crippen molar-refractivity contribution < 1.29 is 4.79 Å². The molecule has 5 aromatic carbocycles. The van der Waals surface area contributed by atoms with Gasteiger partial charge in [-0.2, -0.15) is 0 Å². The number of amides is 1. The zero-order valence-electron chi connectivity index (χ0n) is 33.0. The van der Waals surface area contributed by atoms with Gasteiger partial charge < -0.3 is 4.57 Å². The lowest BCUT2D eigenvalue weighted by Gasteiger charge is -2.31. The van der Waals surface area contributed by atoms with Crippen molar-refractivity contribution in [3.05, 3.63) is 69.6 Å². The molecule has 6 aromatic rings. The number of thiocarbonyl (C=S) groups is 1. The molecule has 3 nitrogen and oxygen atoms in total. The van der Waals surface area contributed by atoms with E-state index in [1.165, 1.54) is 147 Å². The zero-order valence-corrected chi connectivity index (χ0v) is 34.6. The van der Waals surface area contributed by atoms with E-state index in [9.17, 15) is 4.79 Å². The lowest BCUT2D eigenvalue weighted by atomic mass is 9.84. The third-order valence-electron chi connectivity index (χ3n) is 12.4. The van der Waals surface area contributed by atoms with Crippen LogP contribution in [0.25, 0.3) is 60.4 Å². The standard InChI is InChI=1S/C49H60N2OS2/c1-4-6-8-10-12-14-16-18-20-22-32-50-34(3)35-24-25-36-39-28-31-42-46-40(29-26-37(45(39)46)38-27-30-41(48(50)53)43(35)44(36)38)47(52)51(49(42)54)33-23-21-19-17-15-13-11-9-7-5-2/h24-31H,3-23,32-33H2,1-2H3. The van der Waals surface area contributed by atoms with Crippen LogP contribution in [0.5, 0.6) is 0 Å². The van der Waals surface area contributed by atoms with Crippen molar-refractivity contribution in [3.8, 4) is 0 Å². The maximum absolute atomic E-state index is 14.1. The second-order valence-corrected chi connectivity index (χ2v) is 16.9. The van der Waals surface area contributed by atoms with Crippen LogP contribution in [0.4, 0.5) is 0 Å². The molecule has 0 saturated carbocycles. The van der Waals surface area contributed by atoms with Gasteiger partial charge in [0.15, 0.2) is 0 Å². The maximum Gasteiger partial charge on any atom is 0.259 e. The van der Waals surface area contributed by atoms with Crippen LogP contribution in [0.2, 0.25) is 0 Å². The highest BCUT2D eigenvalue weighted by Gasteiger charge is 2.31. The number of fused-ring (bicyclic) bond motifs is 2. The van der Waals surface area contributed by atoms with Crippen molar-refractivity contribution in [1.82, 2.24) is 9.47 Å². The molecule has 0 unspecified atom stereocenters. The summed E-state index contributed by atoms with van der Waals surface area (Å²) in [5, 5.41) is 12.7. The molecule has 1 aromatic heterocycles. The van der Waals surface area contributed by atoms with Gasteiger partial charge >= 0.3 is 0 Å². The van der Waals surface area contributed by atoms with Crippen LogP contribution in [-0.2, 0) is 6.54 Å². The van der Waals surface area contributed by atoms with E-state index in [-0.39, 0.29) is 5.91 Å². The van der Waals surface area contributed by atoms with E-state index in [1.807, 2.05) is 4.90 Å². The fraction of sp³-hybridized carbons (Fsp3) is 0.490. The first kappa shape index (κ1) is 38.8. The number of benzene rings is 5. The monoisotopic (exact) mass is 756 g/mol. The van der Waals surface area contributed by atoms with Crippen molar-refractivity contribution in [2.75, 3.05) is 6.54 Å². The van der Waals surface area contributed by atoms with Gasteiger partial charge in [0.25, 0.3) is 5.91 Å². The third-order valence-corrected chi connectivity index (χ3v) is 13.3. The van der Waals surface area contributed by atoms with Crippen LogP contribution in [-0.4, -0.2) is 26.9 Å². The first-order valence-electron chi connectivity index (χ1n) is 21.5. The average Bonchev–Trinajstić information content (AvgIpc) is 3.19. The minimum Gasteiger partial charge on any atom is -0.332 e. The van der Waals surface area contributed by atoms with Gasteiger partial charge in [-0.3, -0.25) is 9.69 Å². The molecule has 2 heterocycles. The molecule has 1 amide bonds. The van der Waals surface area contributed by atoms with Crippen molar-refractivity contribution in [3.63, 3.8) is 0 Å². The molecule has 7 rings (SSSR count). The zero-order chi connectivity index (χ0) is 37.6. The highest BCUT2D eigenvalue weighted by atomic mass is 32.1. The number of carbonyl (C=O) groups is 1. The topological polar surface area (TPSA) is 25.2 Å². The second kappa shape index (κ2) is 18.0. The van der Waals surface area contributed by atoms with Gasteiger partial charge in [0.1, 0.15) is 9.63 Å². The fourth-order valence-electron chi connectivity index (χ4n) is 9.41. The Balaban J connectivity index is 1.11. The third kappa shape index (κ3) is 7.57. The summed E-state index contributed by atoms with van der Waals surface area (Å²) in [4.78, 5) is 16.6. The van der Waals surface area contributed by atoms with Crippen LogP contribution in [0, 0.1) is 4.64 Å². The number of hydrogen-bond donors (Lipinski definition) is 0. The molecular formula is C49H60N2OS2. The fourth-order valence-corrected chi connectivity index (χ4v) is 10.1. The summed E-state index contributed by atoms with van der Waals surface area (Å²) < 4.78 is 3.18. The van der Waals surface area contributed by atoms with E-state index < -0.39 is 0 Å². The van der Waals surface area contributed by atoms with Gasteiger partial charge in [0.2, 0.25) is 0 Å². The molecule has 0 spiro atoms. The Morgan fingerprint density at radius 1 is 0.463 bits per heavy atom. The number of hydrogen-bond acceptors (Lipinski definition) is 3. The van der Waals surface area contributed by atoms with E-state index >= 15 is 0 Å². The van der Waals surface area contributed by atoms with E-state index in [0.717, 1.165) is 63.1 Å². The summed E-state index contributed by atoms with van der Waals surface area (Å²) in [5.74, 6) is 0.0484. The van der Waals surface area contributed by atoms with E-state index in [1.54, 1.807) is 0 Å². The van der Waals surface area contributed by atoms with Gasteiger partial charge in [-0.15, -0.1) is 0 Å². The predicted octanol–water partition coefficient (Wildman–Crippen LogP) is 14.5. The van der Waals surface area contributed by atoms with E-state index in [4.69, 9.17) is 24.4 Å². The van der Waals surface area contributed by atoms with Crippen molar-refractivity contribution in [1.29, 1.82) is 0 Å². The number of pyridine rings is 1. The molecule has 5 heteroatoms. The van der Waals surface area contributed by atoms with E-state index in [2.05, 4.69) is 73.5 Å². The number of rotatable bonds is 22. The molecule has 0 radical (unpaired) electrons. The molecule has 0 saturated heterocycles. The van der Waals surface area contributed by atoms with Crippen LogP contribution < -0.4 is 5.35 Å². The first-order valence-corrected chi connectivity index (χ1v) is 22.4. The lowest BCUT2D eigenvalue weighted by Crippen LogP contribution is -2.40. The van der Waals surface area contributed by atoms with Crippen LogP contribution in [0.15, 0.2) is 48.5 Å². The summed E-state index contributed by atoms with van der Waals surface area (Å²) in [6.45, 7) is 10.8. The summed E-state index contributed by atoms with van der Waals surface area (Å²) in [5.41, 5.74) is 1.79. The minimum atomic E-state index is 0.0484. The van der Waals surface area contributed by atoms with Crippen LogP contribution in [0.3, 0.4) is 0 Å². The molecule has 0 fully saturated rings. The number of unbranched alkanes of at least 4 members (excludes halogenated alkanes) is 18. The minimum absolute atomic E-state index is 0.0484. The molecule has 1 aliphatic heterocycles. The Hall–Kier alpha value is -3.41. The van der Waals surface area contributed by atoms with Crippen molar-refractivity contribution >= 4 is 95.8 Å². The smallest absolute Gasteiger partial charge is 0.259 e. The Morgan fingerprint density at radius 3 is 1.39 bits per heavy atom. The highest BCUT2D eigenvalue weighted by Crippen LogP contribution is 2.45. The average molecular weight is 757 g/mol. The molecule has 0 aliphatic carbocycles. The van der Waals surface area contributed by atoms with Crippen molar-refractivity contribution in [2.24, 2.45) is 0 Å². The maximum atomic E-state index is 14.1. The normalized spacial score (nSPS) is 13.3. The Kier molecular flexibility index (Phi) is 13.0. The molecule has 54 heavy (non-hydrogen) atoms. The molecule has 0 bridgehead atoms. The molecule has 0 atom stereocenters. The quantitative estimate of drug-likeness (QED) is 0.0298. The summed E-state index contributed by atoms with van der Waals surface area (Å²) >= 11 is 12.3. The number of carbonyl (C=O) groups excluding carboxylic acids is 1. The second-order valence-electron chi connectivity index (χ2n) is 16.2. The summed E-state index contributed by atoms with van der Waals surface area (Å²) in [6.07, 6.45) is 25.9. The predicted molar refractivity (Wildman–Crippen MR) is 241 cm³/mol.